The summed E-state index contributed by atoms with van der Waals surface area (Å²) in [5.74, 6) is -0.297. The van der Waals surface area contributed by atoms with E-state index in [1.807, 2.05) is 0 Å². The van der Waals surface area contributed by atoms with Gasteiger partial charge in [-0.1, -0.05) is 11.6 Å². The number of anilines is 2. The van der Waals surface area contributed by atoms with Crippen LogP contribution < -0.4 is 5.32 Å². The fraction of sp³-hybridized carbons (Fsp3) is 0.273. The van der Waals surface area contributed by atoms with Crippen molar-refractivity contribution in [1.29, 1.82) is 0 Å². The fourth-order valence-electron chi connectivity index (χ4n) is 1.85. The zero-order valence-corrected chi connectivity index (χ0v) is 10.4. The molecule has 1 aliphatic carbocycles. The summed E-state index contributed by atoms with van der Waals surface area (Å²) < 4.78 is 13.5. The van der Waals surface area contributed by atoms with E-state index in [-0.39, 0.29) is 10.8 Å². The molecule has 0 saturated heterocycles. The number of rotatable bonds is 2. The molecular formula is C11H9ClFN3S. The van der Waals surface area contributed by atoms with Crippen LogP contribution in [0.4, 0.5) is 15.3 Å². The second-order valence-corrected chi connectivity index (χ2v) is 5.37. The molecule has 0 aromatic carbocycles. The monoisotopic (exact) mass is 269 g/mol. The highest BCUT2D eigenvalue weighted by Crippen LogP contribution is 2.32. The summed E-state index contributed by atoms with van der Waals surface area (Å²) in [5.41, 5.74) is 1.13. The Hall–Kier alpha value is -1.20. The fourth-order valence-corrected chi connectivity index (χ4v) is 3.05. The van der Waals surface area contributed by atoms with E-state index in [2.05, 4.69) is 15.3 Å². The van der Waals surface area contributed by atoms with Gasteiger partial charge in [-0.2, -0.15) is 0 Å². The van der Waals surface area contributed by atoms with E-state index < -0.39 is 5.82 Å². The Kier molecular flexibility index (Phi) is 2.72. The van der Waals surface area contributed by atoms with Crippen LogP contribution in [0.25, 0.3) is 0 Å². The van der Waals surface area contributed by atoms with Crippen LogP contribution >= 0.6 is 22.9 Å². The summed E-state index contributed by atoms with van der Waals surface area (Å²) in [7, 11) is 0. The molecule has 0 atom stereocenters. The summed E-state index contributed by atoms with van der Waals surface area (Å²) >= 11 is 7.21. The van der Waals surface area contributed by atoms with Crippen LogP contribution in [0, 0.1) is 5.82 Å². The SMILES string of the molecule is Fc1cc(Cl)cnc1Nc1nc2c(s1)CCC2. The van der Waals surface area contributed by atoms with Crippen LogP contribution in [0.3, 0.4) is 0 Å². The van der Waals surface area contributed by atoms with Crippen molar-refractivity contribution in [1.82, 2.24) is 9.97 Å². The largest absolute Gasteiger partial charge is 0.314 e. The number of hydrogen-bond donors (Lipinski definition) is 1. The molecule has 2 aromatic heterocycles. The van der Waals surface area contributed by atoms with E-state index in [0.29, 0.717) is 5.13 Å². The standard InChI is InChI=1S/C11H9ClFN3S/c12-6-4-7(13)10(14-5-6)16-11-15-8-2-1-3-9(8)17-11/h4-5H,1-3H2,(H,14,15,16). The highest BCUT2D eigenvalue weighted by Gasteiger charge is 2.17. The molecule has 0 unspecified atom stereocenters. The Morgan fingerprint density at radius 1 is 1.41 bits per heavy atom. The Morgan fingerprint density at radius 2 is 2.29 bits per heavy atom. The van der Waals surface area contributed by atoms with E-state index >= 15 is 0 Å². The molecule has 0 spiro atoms. The first kappa shape index (κ1) is 10.9. The van der Waals surface area contributed by atoms with Crippen LogP contribution in [0.5, 0.6) is 0 Å². The van der Waals surface area contributed by atoms with Gasteiger partial charge in [0.25, 0.3) is 0 Å². The maximum atomic E-state index is 13.5. The molecule has 0 fully saturated rings. The lowest BCUT2D eigenvalue weighted by Crippen LogP contribution is -1.96. The van der Waals surface area contributed by atoms with E-state index in [4.69, 9.17) is 11.6 Å². The van der Waals surface area contributed by atoms with Crippen LogP contribution in [0.2, 0.25) is 5.02 Å². The van der Waals surface area contributed by atoms with Crippen molar-refractivity contribution in [3.8, 4) is 0 Å². The van der Waals surface area contributed by atoms with Gasteiger partial charge in [-0.05, 0) is 25.3 Å². The first-order valence-corrected chi connectivity index (χ1v) is 6.48. The van der Waals surface area contributed by atoms with Gasteiger partial charge in [0.1, 0.15) is 0 Å². The average molecular weight is 270 g/mol. The Balaban J connectivity index is 1.86. The number of hydrogen-bond acceptors (Lipinski definition) is 4. The van der Waals surface area contributed by atoms with Gasteiger partial charge in [0, 0.05) is 11.1 Å². The summed E-state index contributed by atoms with van der Waals surface area (Å²) in [6.45, 7) is 0. The van der Waals surface area contributed by atoms with Crippen molar-refractivity contribution in [2.75, 3.05) is 5.32 Å². The average Bonchev–Trinajstić information content (AvgIpc) is 2.82. The summed E-state index contributed by atoms with van der Waals surface area (Å²) in [6, 6.07) is 1.23. The van der Waals surface area contributed by atoms with E-state index in [1.54, 1.807) is 11.3 Å². The second kappa shape index (κ2) is 4.23. The molecular weight excluding hydrogens is 261 g/mol. The molecule has 0 amide bonds. The smallest absolute Gasteiger partial charge is 0.188 e. The molecule has 0 saturated carbocycles. The lowest BCUT2D eigenvalue weighted by Gasteiger charge is -2.02. The number of aromatic nitrogens is 2. The number of pyridine rings is 1. The Bertz CT molecular complexity index is 548. The molecule has 0 radical (unpaired) electrons. The molecule has 88 valence electrons. The molecule has 0 aliphatic heterocycles. The van der Waals surface area contributed by atoms with Crippen molar-refractivity contribution < 1.29 is 4.39 Å². The lowest BCUT2D eigenvalue weighted by molar-refractivity contribution is 0.626. The molecule has 17 heavy (non-hydrogen) atoms. The highest BCUT2D eigenvalue weighted by molar-refractivity contribution is 7.15. The van der Waals surface area contributed by atoms with Gasteiger partial charge in [0.2, 0.25) is 0 Å². The molecule has 6 heteroatoms. The van der Waals surface area contributed by atoms with Crippen LogP contribution in [-0.4, -0.2) is 9.97 Å². The van der Waals surface area contributed by atoms with Gasteiger partial charge in [0.05, 0.1) is 10.7 Å². The zero-order valence-electron chi connectivity index (χ0n) is 8.83. The van der Waals surface area contributed by atoms with Crippen LogP contribution in [0.15, 0.2) is 12.3 Å². The third-order valence-corrected chi connectivity index (χ3v) is 3.91. The van der Waals surface area contributed by atoms with E-state index in [9.17, 15) is 4.39 Å². The van der Waals surface area contributed by atoms with Crippen molar-refractivity contribution in [2.45, 2.75) is 19.3 Å². The van der Waals surface area contributed by atoms with E-state index in [1.165, 1.54) is 23.6 Å². The third-order valence-electron chi connectivity index (χ3n) is 2.63. The molecule has 2 aromatic rings. The lowest BCUT2D eigenvalue weighted by atomic mass is 10.4. The molecule has 3 nitrogen and oxygen atoms in total. The number of thiazole rings is 1. The summed E-state index contributed by atoms with van der Waals surface area (Å²) in [5, 5.41) is 3.88. The molecule has 1 aliphatic rings. The highest BCUT2D eigenvalue weighted by atomic mass is 35.5. The maximum absolute atomic E-state index is 13.5. The molecule has 1 N–H and O–H groups in total. The van der Waals surface area contributed by atoms with Crippen LogP contribution in [-0.2, 0) is 12.8 Å². The normalized spacial score (nSPS) is 13.8. The van der Waals surface area contributed by atoms with Crippen molar-refractivity contribution in [3.05, 3.63) is 33.7 Å². The van der Waals surface area contributed by atoms with Crippen LogP contribution in [0.1, 0.15) is 17.0 Å². The van der Waals surface area contributed by atoms with E-state index in [0.717, 1.165) is 18.5 Å². The predicted octanol–water partition coefficient (Wildman–Crippen LogP) is 3.56. The van der Waals surface area contributed by atoms with Gasteiger partial charge in [-0.25, -0.2) is 14.4 Å². The predicted molar refractivity (Wildman–Crippen MR) is 66.6 cm³/mol. The maximum Gasteiger partial charge on any atom is 0.188 e. The minimum absolute atomic E-state index is 0.168. The number of fused-ring (bicyclic) bond motifs is 1. The molecule has 3 rings (SSSR count). The van der Waals surface area contributed by atoms with Crippen molar-refractivity contribution in [3.63, 3.8) is 0 Å². The second-order valence-electron chi connectivity index (χ2n) is 3.85. The van der Waals surface area contributed by atoms with Gasteiger partial charge in [-0.15, -0.1) is 11.3 Å². The number of halogens is 2. The first-order chi connectivity index (χ1) is 8.22. The molecule has 0 bridgehead atoms. The summed E-state index contributed by atoms with van der Waals surface area (Å²) in [6.07, 6.45) is 4.67. The molecule has 2 heterocycles. The van der Waals surface area contributed by atoms with Gasteiger partial charge >= 0.3 is 0 Å². The number of aryl methyl sites for hydroxylation is 2. The number of nitrogens with zero attached hydrogens (tertiary/aromatic N) is 2. The minimum Gasteiger partial charge on any atom is -0.314 e. The Labute approximate surface area is 107 Å². The van der Waals surface area contributed by atoms with Gasteiger partial charge in [-0.3, -0.25) is 0 Å². The quantitative estimate of drug-likeness (QED) is 0.906. The number of nitrogens with one attached hydrogen (secondary N) is 1. The Morgan fingerprint density at radius 3 is 3.06 bits per heavy atom. The van der Waals surface area contributed by atoms with Crippen molar-refractivity contribution in [2.24, 2.45) is 0 Å². The van der Waals surface area contributed by atoms with Crippen molar-refractivity contribution >= 4 is 33.9 Å². The van der Waals surface area contributed by atoms with Gasteiger partial charge in [0.15, 0.2) is 16.8 Å². The first-order valence-electron chi connectivity index (χ1n) is 5.29. The third kappa shape index (κ3) is 2.12. The minimum atomic E-state index is -0.465. The zero-order chi connectivity index (χ0) is 11.8. The summed E-state index contributed by atoms with van der Waals surface area (Å²) in [4.78, 5) is 9.62. The van der Waals surface area contributed by atoms with Gasteiger partial charge < -0.3 is 5.32 Å². The topological polar surface area (TPSA) is 37.8 Å².